The van der Waals surface area contributed by atoms with Crippen molar-refractivity contribution in [2.45, 2.75) is 38.9 Å². The molecule has 0 aromatic carbocycles. The number of carbonyl (C=O) groups is 1. The average molecular weight is 296 g/mol. The van der Waals surface area contributed by atoms with Gasteiger partial charge in [-0.05, 0) is 19.3 Å². The topological polar surface area (TPSA) is 72.9 Å². The van der Waals surface area contributed by atoms with Gasteiger partial charge < -0.3 is 9.67 Å². The molecule has 1 N–H and O–H groups in total. The lowest BCUT2D eigenvalue weighted by atomic mass is 10.1. The maximum absolute atomic E-state index is 10.8. The summed E-state index contributed by atoms with van der Waals surface area (Å²) in [7, 11) is 1.90. The first-order valence-corrected chi connectivity index (χ1v) is 7.63. The van der Waals surface area contributed by atoms with Crippen molar-refractivity contribution < 1.29 is 9.90 Å². The standard InChI is InChI=1S/C13H20N4O2S/c1-8(2)5-6-17-12-11(9(3)15-16(12)4)14-13(17)20-7-10(18)19/h8H,5-7H2,1-4H3,(H,18,19). The predicted molar refractivity (Wildman–Crippen MR) is 79.1 cm³/mol. The molecule has 0 aliphatic rings. The zero-order valence-electron chi connectivity index (χ0n) is 12.3. The van der Waals surface area contributed by atoms with E-state index in [0.29, 0.717) is 5.92 Å². The van der Waals surface area contributed by atoms with Gasteiger partial charge in [-0.25, -0.2) is 4.98 Å². The Morgan fingerprint density at radius 2 is 2.15 bits per heavy atom. The Kier molecular flexibility index (Phi) is 4.37. The minimum absolute atomic E-state index is 0.0253. The van der Waals surface area contributed by atoms with Crippen LogP contribution in [0.25, 0.3) is 11.2 Å². The third kappa shape index (κ3) is 2.98. The number of carboxylic acid groups (broad SMARTS) is 1. The van der Waals surface area contributed by atoms with E-state index in [0.717, 1.165) is 35.0 Å². The summed E-state index contributed by atoms with van der Waals surface area (Å²) in [6, 6.07) is 0. The molecule has 0 bridgehead atoms. The van der Waals surface area contributed by atoms with Crippen molar-refractivity contribution in [2.24, 2.45) is 13.0 Å². The molecule has 0 aliphatic heterocycles. The van der Waals surface area contributed by atoms with E-state index in [9.17, 15) is 4.79 Å². The smallest absolute Gasteiger partial charge is 0.313 e. The Balaban J connectivity index is 2.40. The number of aryl methyl sites for hydroxylation is 3. The number of thioether (sulfide) groups is 1. The quantitative estimate of drug-likeness (QED) is 0.828. The Labute approximate surface area is 122 Å². The first-order chi connectivity index (χ1) is 9.40. The van der Waals surface area contributed by atoms with Gasteiger partial charge in [0.1, 0.15) is 5.52 Å². The van der Waals surface area contributed by atoms with Gasteiger partial charge in [0.2, 0.25) is 0 Å². The normalized spacial score (nSPS) is 11.7. The first kappa shape index (κ1) is 14.9. The van der Waals surface area contributed by atoms with E-state index in [-0.39, 0.29) is 5.75 Å². The number of aromatic nitrogens is 4. The van der Waals surface area contributed by atoms with E-state index in [1.54, 1.807) is 0 Å². The Morgan fingerprint density at radius 3 is 2.75 bits per heavy atom. The summed E-state index contributed by atoms with van der Waals surface area (Å²) >= 11 is 1.27. The van der Waals surface area contributed by atoms with Crippen molar-refractivity contribution in [2.75, 3.05) is 5.75 Å². The number of nitrogens with zero attached hydrogens (tertiary/aromatic N) is 4. The van der Waals surface area contributed by atoms with Gasteiger partial charge in [0.15, 0.2) is 10.8 Å². The number of imidazole rings is 1. The molecule has 0 amide bonds. The van der Waals surface area contributed by atoms with Crippen LogP contribution in [0.3, 0.4) is 0 Å². The highest BCUT2D eigenvalue weighted by Gasteiger charge is 2.18. The molecule has 110 valence electrons. The van der Waals surface area contributed by atoms with Gasteiger partial charge in [-0.15, -0.1) is 0 Å². The third-order valence-corrected chi connectivity index (χ3v) is 4.07. The first-order valence-electron chi connectivity index (χ1n) is 6.64. The van der Waals surface area contributed by atoms with Crippen LogP contribution in [0.4, 0.5) is 0 Å². The van der Waals surface area contributed by atoms with Crippen LogP contribution < -0.4 is 0 Å². The molecule has 6 nitrogen and oxygen atoms in total. The third-order valence-electron chi connectivity index (χ3n) is 3.11. The van der Waals surface area contributed by atoms with Crippen molar-refractivity contribution in [1.29, 1.82) is 0 Å². The largest absolute Gasteiger partial charge is 0.481 e. The second-order valence-electron chi connectivity index (χ2n) is 5.29. The summed E-state index contributed by atoms with van der Waals surface area (Å²) in [6.45, 7) is 7.10. The number of aliphatic carboxylic acids is 1. The molecular formula is C13H20N4O2S. The van der Waals surface area contributed by atoms with Crippen LogP contribution in [0.5, 0.6) is 0 Å². The monoisotopic (exact) mass is 296 g/mol. The highest BCUT2D eigenvalue weighted by Crippen LogP contribution is 2.26. The minimum atomic E-state index is -0.827. The molecule has 0 saturated heterocycles. The van der Waals surface area contributed by atoms with Gasteiger partial charge in [0.05, 0.1) is 11.4 Å². The number of fused-ring (bicyclic) bond motifs is 1. The lowest BCUT2D eigenvalue weighted by Gasteiger charge is -2.10. The molecule has 0 aliphatic carbocycles. The highest BCUT2D eigenvalue weighted by atomic mass is 32.2. The van der Waals surface area contributed by atoms with Gasteiger partial charge in [0.25, 0.3) is 0 Å². The van der Waals surface area contributed by atoms with Crippen LogP contribution in [0.1, 0.15) is 26.0 Å². The van der Waals surface area contributed by atoms with Gasteiger partial charge in [-0.1, -0.05) is 25.6 Å². The molecule has 0 unspecified atom stereocenters. The van der Waals surface area contributed by atoms with E-state index < -0.39 is 5.97 Å². The molecule has 2 aromatic rings. The second kappa shape index (κ2) is 5.87. The molecule has 7 heteroatoms. The van der Waals surface area contributed by atoms with Gasteiger partial charge in [-0.3, -0.25) is 9.48 Å². The van der Waals surface area contributed by atoms with E-state index in [2.05, 4.69) is 28.5 Å². The van der Waals surface area contributed by atoms with E-state index in [1.165, 1.54) is 11.8 Å². The zero-order chi connectivity index (χ0) is 14.9. The average Bonchev–Trinajstić information content (AvgIpc) is 2.83. The van der Waals surface area contributed by atoms with Crippen molar-refractivity contribution in [3.8, 4) is 0 Å². The fourth-order valence-electron chi connectivity index (χ4n) is 2.14. The fourth-order valence-corrected chi connectivity index (χ4v) is 2.88. The molecular weight excluding hydrogens is 276 g/mol. The lowest BCUT2D eigenvalue weighted by molar-refractivity contribution is -0.133. The maximum atomic E-state index is 10.8. The fraction of sp³-hybridized carbons (Fsp3) is 0.615. The summed E-state index contributed by atoms with van der Waals surface area (Å²) in [4.78, 5) is 15.3. The molecule has 0 atom stereocenters. The SMILES string of the molecule is Cc1nn(C)c2c1nc(SCC(=O)O)n2CCC(C)C. The van der Waals surface area contributed by atoms with Crippen molar-refractivity contribution in [3.63, 3.8) is 0 Å². The number of hydrogen-bond acceptors (Lipinski definition) is 4. The molecule has 2 heterocycles. The highest BCUT2D eigenvalue weighted by molar-refractivity contribution is 7.99. The molecule has 20 heavy (non-hydrogen) atoms. The molecule has 2 aromatic heterocycles. The van der Waals surface area contributed by atoms with E-state index in [1.807, 2.05) is 18.7 Å². The summed E-state index contributed by atoms with van der Waals surface area (Å²) in [5.41, 5.74) is 2.71. The number of hydrogen-bond donors (Lipinski definition) is 1. The molecule has 0 radical (unpaired) electrons. The zero-order valence-corrected chi connectivity index (χ0v) is 13.1. The van der Waals surface area contributed by atoms with Gasteiger partial charge >= 0.3 is 5.97 Å². The van der Waals surface area contributed by atoms with Gasteiger partial charge in [0, 0.05) is 13.6 Å². The Morgan fingerprint density at radius 1 is 1.45 bits per heavy atom. The maximum Gasteiger partial charge on any atom is 0.313 e. The number of rotatable bonds is 6. The van der Waals surface area contributed by atoms with Crippen molar-refractivity contribution >= 4 is 28.9 Å². The van der Waals surface area contributed by atoms with Crippen LogP contribution in [0.15, 0.2) is 5.16 Å². The molecule has 0 fully saturated rings. The van der Waals surface area contributed by atoms with Crippen LogP contribution in [-0.2, 0) is 18.4 Å². The summed E-state index contributed by atoms with van der Waals surface area (Å²) in [5.74, 6) is -0.219. The van der Waals surface area contributed by atoms with Crippen LogP contribution >= 0.6 is 11.8 Å². The molecule has 0 spiro atoms. The van der Waals surface area contributed by atoms with Crippen molar-refractivity contribution in [3.05, 3.63) is 5.69 Å². The summed E-state index contributed by atoms with van der Waals surface area (Å²) in [5, 5.41) is 14.0. The van der Waals surface area contributed by atoms with Gasteiger partial charge in [-0.2, -0.15) is 5.10 Å². The minimum Gasteiger partial charge on any atom is -0.481 e. The molecule has 2 rings (SSSR count). The van der Waals surface area contributed by atoms with E-state index in [4.69, 9.17) is 5.11 Å². The lowest BCUT2D eigenvalue weighted by Crippen LogP contribution is -2.08. The van der Waals surface area contributed by atoms with E-state index >= 15 is 0 Å². The molecule has 0 saturated carbocycles. The summed E-state index contributed by atoms with van der Waals surface area (Å²) < 4.78 is 3.91. The Bertz CT molecular complexity index is 630. The summed E-state index contributed by atoms with van der Waals surface area (Å²) in [6.07, 6.45) is 1.02. The Hall–Kier alpha value is -1.50. The predicted octanol–water partition coefficient (Wildman–Crippen LogP) is 2.30. The van der Waals surface area contributed by atoms with Crippen molar-refractivity contribution in [1.82, 2.24) is 19.3 Å². The second-order valence-corrected chi connectivity index (χ2v) is 6.23. The number of carboxylic acids is 1. The van der Waals surface area contributed by atoms with Crippen LogP contribution in [0.2, 0.25) is 0 Å². The van der Waals surface area contributed by atoms with Crippen LogP contribution in [0, 0.1) is 12.8 Å². The van der Waals surface area contributed by atoms with Crippen LogP contribution in [-0.4, -0.2) is 36.2 Å².